The van der Waals surface area contributed by atoms with Crippen molar-refractivity contribution in [2.45, 2.75) is 18.9 Å². The summed E-state index contributed by atoms with van der Waals surface area (Å²) in [6, 6.07) is 18.0. The van der Waals surface area contributed by atoms with E-state index < -0.39 is 6.10 Å². The van der Waals surface area contributed by atoms with E-state index >= 15 is 0 Å². The van der Waals surface area contributed by atoms with E-state index in [9.17, 15) is 4.79 Å². The molecule has 0 saturated carbocycles. The molecule has 1 aromatic heterocycles. The smallest absolute Gasteiger partial charge is 0.263 e. The summed E-state index contributed by atoms with van der Waals surface area (Å²) in [5, 5.41) is 2.27. The molecular weight excluding hydrogens is 312 g/mol. The first-order valence-electron chi connectivity index (χ1n) is 8.55. The van der Waals surface area contributed by atoms with Crippen molar-refractivity contribution in [2.24, 2.45) is 0 Å². The van der Waals surface area contributed by atoms with Crippen LogP contribution in [0.3, 0.4) is 0 Å². The van der Waals surface area contributed by atoms with Crippen LogP contribution >= 0.6 is 0 Å². The molecule has 1 aliphatic rings. The van der Waals surface area contributed by atoms with Gasteiger partial charge in [0.05, 0.1) is 0 Å². The highest BCUT2D eigenvalue weighted by Gasteiger charge is 2.34. The lowest BCUT2D eigenvalue weighted by atomic mass is 9.92. The zero-order valence-corrected chi connectivity index (χ0v) is 14.1. The van der Waals surface area contributed by atoms with Gasteiger partial charge < -0.3 is 9.64 Å². The molecule has 4 nitrogen and oxygen atoms in total. The van der Waals surface area contributed by atoms with Gasteiger partial charge in [0.25, 0.3) is 5.91 Å². The molecule has 1 aliphatic heterocycles. The minimum absolute atomic E-state index is 0.0355. The Kier molecular flexibility index (Phi) is 4.10. The highest BCUT2D eigenvalue weighted by atomic mass is 16.5. The van der Waals surface area contributed by atoms with Crippen molar-refractivity contribution in [1.82, 2.24) is 9.88 Å². The maximum atomic E-state index is 12.6. The SMILES string of the molecule is C[C@@H](Oc1ccc2ccccc2c1)C(=O)N1CC(c2cccnc2)C1. The average molecular weight is 332 g/mol. The van der Waals surface area contributed by atoms with Crippen molar-refractivity contribution in [3.05, 3.63) is 72.6 Å². The van der Waals surface area contributed by atoms with Gasteiger partial charge in [-0.25, -0.2) is 0 Å². The number of pyridine rings is 1. The van der Waals surface area contributed by atoms with Crippen LogP contribution in [-0.2, 0) is 4.79 Å². The molecule has 0 N–H and O–H groups in total. The molecule has 1 atom stereocenters. The Labute approximate surface area is 147 Å². The molecule has 2 aromatic carbocycles. The van der Waals surface area contributed by atoms with Crippen molar-refractivity contribution in [2.75, 3.05) is 13.1 Å². The molecule has 4 heteroatoms. The summed E-state index contributed by atoms with van der Waals surface area (Å²) < 4.78 is 5.88. The van der Waals surface area contributed by atoms with Crippen LogP contribution in [0, 0.1) is 0 Å². The van der Waals surface area contributed by atoms with E-state index in [0.29, 0.717) is 5.92 Å². The quantitative estimate of drug-likeness (QED) is 0.733. The minimum atomic E-state index is -0.490. The zero-order chi connectivity index (χ0) is 17.2. The first-order valence-corrected chi connectivity index (χ1v) is 8.55. The van der Waals surface area contributed by atoms with Crippen LogP contribution in [0.1, 0.15) is 18.4 Å². The Morgan fingerprint density at radius 3 is 2.68 bits per heavy atom. The largest absolute Gasteiger partial charge is 0.481 e. The summed E-state index contributed by atoms with van der Waals surface area (Å²) in [5.41, 5.74) is 1.19. The highest BCUT2D eigenvalue weighted by molar-refractivity contribution is 5.84. The summed E-state index contributed by atoms with van der Waals surface area (Å²) >= 11 is 0. The summed E-state index contributed by atoms with van der Waals surface area (Å²) in [6.45, 7) is 3.28. The van der Waals surface area contributed by atoms with E-state index in [4.69, 9.17) is 4.74 Å². The van der Waals surface area contributed by atoms with E-state index in [2.05, 4.69) is 17.1 Å². The maximum absolute atomic E-state index is 12.6. The van der Waals surface area contributed by atoms with Gasteiger partial charge in [-0.3, -0.25) is 9.78 Å². The number of aromatic nitrogens is 1. The second kappa shape index (κ2) is 6.55. The number of likely N-dealkylation sites (tertiary alicyclic amines) is 1. The number of rotatable bonds is 4. The molecule has 0 unspecified atom stereocenters. The van der Waals surface area contributed by atoms with Gasteiger partial charge in [-0.2, -0.15) is 0 Å². The molecule has 1 amide bonds. The van der Waals surface area contributed by atoms with E-state index in [0.717, 1.165) is 29.6 Å². The summed E-state index contributed by atoms with van der Waals surface area (Å²) in [6.07, 6.45) is 3.16. The zero-order valence-electron chi connectivity index (χ0n) is 14.1. The lowest BCUT2D eigenvalue weighted by molar-refractivity contribution is -0.142. The van der Waals surface area contributed by atoms with Crippen LogP contribution in [0.15, 0.2) is 67.0 Å². The Balaban J connectivity index is 1.38. The number of fused-ring (bicyclic) bond motifs is 1. The van der Waals surface area contributed by atoms with Gasteiger partial charge in [-0.15, -0.1) is 0 Å². The number of benzene rings is 2. The fraction of sp³-hybridized carbons (Fsp3) is 0.238. The van der Waals surface area contributed by atoms with Crippen molar-refractivity contribution in [3.8, 4) is 5.75 Å². The lowest BCUT2D eigenvalue weighted by Gasteiger charge is -2.40. The van der Waals surface area contributed by atoms with Gasteiger partial charge in [0.2, 0.25) is 0 Å². The molecule has 0 aliphatic carbocycles. The molecule has 0 bridgehead atoms. The Morgan fingerprint density at radius 1 is 1.12 bits per heavy atom. The molecule has 2 heterocycles. The predicted octanol–water partition coefficient (Wildman–Crippen LogP) is 3.63. The van der Waals surface area contributed by atoms with Gasteiger partial charge >= 0.3 is 0 Å². The second-order valence-electron chi connectivity index (χ2n) is 6.50. The number of hydrogen-bond donors (Lipinski definition) is 0. The topological polar surface area (TPSA) is 42.4 Å². The van der Waals surface area contributed by atoms with Gasteiger partial charge in [0, 0.05) is 31.4 Å². The molecule has 0 radical (unpaired) electrons. The number of ether oxygens (including phenoxy) is 1. The second-order valence-corrected chi connectivity index (χ2v) is 6.50. The predicted molar refractivity (Wildman–Crippen MR) is 97.6 cm³/mol. The average Bonchev–Trinajstić information content (AvgIpc) is 2.61. The number of hydrogen-bond acceptors (Lipinski definition) is 3. The molecule has 25 heavy (non-hydrogen) atoms. The summed E-state index contributed by atoms with van der Waals surface area (Å²) in [4.78, 5) is 18.6. The van der Waals surface area contributed by atoms with Crippen LogP contribution in [-0.4, -0.2) is 35.0 Å². The standard InChI is InChI=1S/C21H20N2O2/c1-15(25-20-9-8-16-5-2-3-6-17(16)11-20)21(24)23-13-19(14-23)18-7-4-10-22-12-18/h2-12,15,19H,13-14H2,1H3/t15-/m1/s1. The number of carbonyl (C=O) groups excluding carboxylic acids is 1. The molecule has 3 aromatic rings. The summed E-state index contributed by atoms with van der Waals surface area (Å²) in [5.74, 6) is 1.14. The first-order chi connectivity index (χ1) is 12.2. The fourth-order valence-electron chi connectivity index (χ4n) is 3.24. The van der Waals surface area contributed by atoms with E-state index in [1.807, 2.05) is 60.5 Å². The van der Waals surface area contributed by atoms with Gasteiger partial charge in [-0.1, -0.05) is 36.4 Å². The van der Waals surface area contributed by atoms with Crippen molar-refractivity contribution in [3.63, 3.8) is 0 Å². The number of amides is 1. The molecule has 1 fully saturated rings. The molecule has 1 saturated heterocycles. The third-order valence-electron chi connectivity index (χ3n) is 4.73. The maximum Gasteiger partial charge on any atom is 0.263 e. The van der Waals surface area contributed by atoms with Crippen LogP contribution in [0.2, 0.25) is 0 Å². The Bertz CT molecular complexity index is 889. The molecule has 0 spiro atoms. The van der Waals surface area contributed by atoms with E-state index in [1.165, 1.54) is 5.56 Å². The fourth-order valence-corrected chi connectivity index (χ4v) is 3.24. The third kappa shape index (κ3) is 3.20. The molecule has 4 rings (SSSR count). The minimum Gasteiger partial charge on any atom is -0.481 e. The third-order valence-corrected chi connectivity index (χ3v) is 4.73. The highest BCUT2D eigenvalue weighted by Crippen LogP contribution is 2.28. The van der Waals surface area contributed by atoms with Crippen LogP contribution < -0.4 is 4.74 Å². The van der Waals surface area contributed by atoms with Gasteiger partial charge in [0.1, 0.15) is 5.75 Å². The van der Waals surface area contributed by atoms with Crippen molar-refractivity contribution < 1.29 is 9.53 Å². The van der Waals surface area contributed by atoms with Gasteiger partial charge in [-0.05, 0) is 41.5 Å². The van der Waals surface area contributed by atoms with Crippen molar-refractivity contribution in [1.29, 1.82) is 0 Å². The Morgan fingerprint density at radius 2 is 1.92 bits per heavy atom. The van der Waals surface area contributed by atoms with Crippen molar-refractivity contribution >= 4 is 16.7 Å². The molecule has 126 valence electrons. The number of carbonyl (C=O) groups is 1. The van der Waals surface area contributed by atoms with E-state index in [-0.39, 0.29) is 5.91 Å². The monoisotopic (exact) mass is 332 g/mol. The normalized spacial score (nSPS) is 15.6. The van der Waals surface area contributed by atoms with Crippen LogP contribution in [0.25, 0.3) is 10.8 Å². The number of nitrogens with zero attached hydrogens (tertiary/aromatic N) is 2. The van der Waals surface area contributed by atoms with Gasteiger partial charge in [0.15, 0.2) is 6.10 Å². The summed E-state index contributed by atoms with van der Waals surface area (Å²) in [7, 11) is 0. The van der Waals surface area contributed by atoms with Crippen LogP contribution in [0.4, 0.5) is 0 Å². The lowest BCUT2D eigenvalue weighted by Crippen LogP contribution is -2.52. The molecular formula is C21H20N2O2. The first kappa shape index (κ1) is 15.6. The van der Waals surface area contributed by atoms with Crippen LogP contribution in [0.5, 0.6) is 5.75 Å². The van der Waals surface area contributed by atoms with E-state index in [1.54, 1.807) is 6.20 Å². The Hall–Kier alpha value is -2.88.